The maximum atomic E-state index is 4.59. The quantitative estimate of drug-likeness (QED) is 0.761. The normalized spacial score (nSPS) is 21.8. The minimum absolute atomic E-state index is 0.651. The molecule has 2 aromatic rings. The van der Waals surface area contributed by atoms with Crippen LogP contribution in [-0.4, -0.2) is 33.0 Å². The minimum Gasteiger partial charge on any atom is -0.368 e. The van der Waals surface area contributed by atoms with E-state index in [9.17, 15) is 0 Å². The van der Waals surface area contributed by atoms with Crippen LogP contribution < -0.4 is 10.6 Å². The fraction of sp³-hybridized carbons (Fsp3) is 0.667. The molecule has 0 spiro atoms. The number of nitrogens with one attached hydrogen (secondary N) is 3. The average molecular weight is 288 g/mol. The van der Waals surface area contributed by atoms with Crippen LogP contribution in [0.2, 0.25) is 0 Å². The molecule has 0 radical (unpaired) electrons. The van der Waals surface area contributed by atoms with Crippen molar-refractivity contribution >= 4 is 22.9 Å². The van der Waals surface area contributed by atoms with Crippen molar-refractivity contribution in [1.82, 2.24) is 19.9 Å². The summed E-state index contributed by atoms with van der Waals surface area (Å²) in [6.07, 6.45) is 6.72. The van der Waals surface area contributed by atoms with E-state index in [1.807, 2.05) is 0 Å². The highest BCUT2D eigenvalue weighted by molar-refractivity contribution is 5.83. The third-order valence-corrected chi connectivity index (χ3v) is 4.39. The second kappa shape index (κ2) is 6.28. The first-order valence-corrected chi connectivity index (χ1v) is 7.96. The van der Waals surface area contributed by atoms with Crippen LogP contribution in [0.1, 0.15) is 39.5 Å². The van der Waals surface area contributed by atoms with E-state index in [1.54, 1.807) is 6.33 Å². The van der Waals surface area contributed by atoms with E-state index in [0.717, 1.165) is 42.7 Å². The molecule has 1 aliphatic rings. The molecule has 1 aliphatic carbocycles. The standard InChI is InChI=1S/C15H24N6/c1-3-7-16-15-20-13(12-14(21-15)19-9-18-12)17-8-11-6-4-5-10(11)2/h9-11H,3-8H2,1-2H3,(H3,16,17,18,19,20,21). The van der Waals surface area contributed by atoms with E-state index in [-0.39, 0.29) is 0 Å². The highest BCUT2D eigenvalue weighted by Crippen LogP contribution is 2.31. The molecule has 2 aromatic heterocycles. The third kappa shape index (κ3) is 3.09. The van der Waals surface area contributed by atoms with E-state index in [1.165, 1.54) is 19.3 Å². The Morgan fingerprint density at radius 3 is 2.95 bits per heavy atom. The first-order valence-electron chi connectivity index (χ1n) is 7.96. The first kappa shape index (κ1) is 14.1. The zero-order valence-corrected chi connectivity index (χ0v) is 12.8. The molecule has 0 saturated heterocycles. The fourth-order valence-electron chi connectivity index (χ4n) is 3.03. The van der Waals surface area contributed by atoms with Gasteiger partial charge in [-0.3, -0.25) is 0 Å². The van der Waals surface area contributed by atoms with Gasteiger partial charge in [0.2, 0.25) is 5.95 Å². The summed E-state index contributed by atoms with van der Waals surface area (Å²) in [5.74, 6) is 3.05. The van der Waals surface area contributed by atoms with Crippen LogP contribution in [0.4, 0.5) is 11.8 Å². The Morgan fingerprint density at radius 2 is 2.19 bits per heavy atom. The molecule has 2 heterocycles. The van der Waals surface area contributed by atoms with Crippen LogP contribution in [0.3, 0.4) is 0 Å². The van der Waals surface area contributed by atoms with Crippen molar-refractivity contribution in [2.75, 3.05) is 23.7 Å². The maximum absolute atomic E-state index is 4.59. The molecule has 0 aromatic carbocycles. The first-order chi connectivity index (χ1) is 10.3. The van der Waals surface area contributed by atoms with Gasteiger partial charge < -0.3 is 15.6 Å². The number of fused-ring (bicyclic) bond motifs is 1. The van der Waals surface area contributed by atoms with E-state index in [2.05, 4.69) is 44.4 Å². The molecular formula is C15H24N6. The average Bonchev–Trinajstić information content (AvgIpc) is 3.11. The van der Waals surface area contributed by atoms with Crippen LogP contribution in [0.25, 0.3) is 11.2 Å². The molecule has 6 heteroatoms. The summed E-state index contributed by atoms with van der Waals surface area (Å²) in [4.78, 5) is 16.4. The Labute approximate surface area is 125 Å². The molecule has 114 valence electrons. The molecule has 1 fully saturated rings. The van der Waals surface area contributed by atoms with Gasteiger partial charge in [0.05, 0.1) is 6.33 Å². The monoisotopic (exact) mass is 288 g/mol. The highest BCUT2D eigenvalue weighted by Gasteiger charge is 2.23. The van der Waals surface area contributed by atoms with Gasteiger partial charge in [-0.05, 0) is 24.7 Å². The van der Waals surface area contributed by atoms with Crippen LogP contribution in [0, 0.1) is 11.8 Å². The third-order valence-electron chi connectivity index (χ3n) is 4.39. The summed E-state index contributed by atoms with van der Waals surface area (Å²) < 4.78 is 0. The molecule has 2 unspecified atom stereocenters. The number of anilines is 2. The van der Waals surface area contributed by atoms with Gasteiger partial charge in [-0.2, -0.15) is 9.97 Å². The number of H-pyrrole nitrogens is 1. The van der Waals surface area contributed by atoms with E-state index in [4.69, 9.17) is 0 Å². The van der Waals surface area contributed by atoms with Gasteiger partial charge in [-0.15, -0.1) is 0 Å². The Kier molecular flexibility index (Phi) is 4.22. The molecule has 0 amide bonds. The Hall–Kier alpha value is -1.85. The largest absolute Gasteiger partial charge is 0.368 e. The lowest BCUT2D eigenvalue weighted by Crippen LogP contribution is -2.18. The van der Waals surface area contributed by atoms with Crippen molar-refractivity contribution in [1.29, 1.82) is 0 Å². The Bertz CT molecular complexity index is 593. The summed E-state index contributed by atoms with van der Waals surface area (Å²) in [5, 5.41) is 6.74. The molecule has 2 atom stereocenters. The number of aromatic amines is 1. The SMILES string of the molecule is CCCNc1nc(NCC2CCCC2C)c2[nH]cnc2n1. The number of aromatic nitrogens is 4. The van der Waals surface area contributed by atoms with Gasteiger partial charge in [-0.25, -0.2) is 4.98 Å². The van der Waals surface area contributed by atoms with Gasteiger partial charge >= 0.3 is 0 Å². The fourth-order valence-corrected chi connectivity index (χ4v) is 3.03. The molecular weight excluding hydrogens is 264 g/mol. The summed E-state index contributed by atoms with van der Waals surface area (Å²) in [6, 6.07) is 0. The van der Waals surface area contributed by atoms with Crippen molar-refractivity contribution in [2.45, 2.75) is 39.5 Å². The predicted octanol–water partition coefficient (Wildman–Crippen LogP) is 3.02. The van der Waals surface area contributed by atoms with Gasteiger partial charge in [0.15, 0.2) is 11.5 Å². The number of imidazole rings is 1. The van der Waals surface area contributed by atoms with Gasteiger partial charge in [0.25, 0.3) is 0 Å². The molecule has 0 aliphatic heterocycles. The van der Waals surface area contributed by atoms with Crippen LogP contribution >= 0.6 is 0 Å². The molecule has 3 rings (SSSR count). The van der Waals surface area contributed by atoms with Crippen LogP contribution in [0.5, 0.6) is 0 Å². The second-order valence-electron chi connectivity index (χ2n) is 5.97. The van der Waals surface area contributed by atoms with Crippen molar-refractivity contribution < 1.29 is 0 Å². The van der Waals surface area contributed by atoms with Crippen molar-refractivity contribution in [3.8, 4) is 0 Å². The smallest absolute Gasteiger partial charge is 0.226 e. The van der Waals surface area contributed by atoms with Crippen molar-refractivity contribution in [2.24, 2.45) is 11.8 Å². The Morgan fingerprint density at radius 1 is 1.29 bits per heavy atom. The summed E-state index contributed by atoms with van der Waals surface area (Å²) in [7, 11) is 0. The van der Waals surface area contributed by atoms with Crippen LogP contribution in [-0.2, 0) is 0 Å². The lowest BCUT2D eigenvalue weighted by Gasteiger charge is -2.16. The lowest BCUT2D eigenvalue weighted by molar-refractivity contribution is 0.439. The number of hydrogen-bond acceptors (Lipinski definition) is 5. The molecule has 0 bridgehead atoms. The van der Waals surface area contributed by atoms with Crippen LogP contribution in [0.15, 0.2) is 6.33 Å². The lowest BCUT2D eigenvalue weighted by atomic mass is 9.98. The van der Waals surface area contributed by atoms with E-state index < -0.39 is 0 Å². The van der Waals surface area contributed by atoms with Gasteiger partial charge in [-0.1, -0.05) is 26.7 Å². The zero-order chi connectivity index (χ0) is 14.7. The zero-order valence-electron chi connectivity index (χ0n) is 12.8. The Balaban J connectivity index is 1.77. The maximum Gasteiger partial charge on any atom is 0.226 e. The van der Waals surface area contributed by atoms with Gasteiger partial charge in [0.1, 0.15) is 5.52 Å². The predicted molar refractivity (Wildman–Crippen MR) is 85.5 cm³/mol. The second-order valence-corrected chi connectivity index (χ2v) is 5.97. The topological polar surface area (TPSA) is 78.5 Å². The minimum atomic E-state index is 0.651. The number of nitrogens with zero attached hydrogens (tertiary/aromatic N) is 3. The summed E-state index contributed by atoms with van der Waals surface area (Å²) >= 11 is 0. The van der Waals surface area contributed by atoms with E-state index >= 15 is 0 Å². The van der Waals surface area contributed by atoms with Crippen molar-refractivity contribution in [3.63, 3.8) is 0 Å². The van der Waals surface area contributed by atoms with Gasteiger partial charge in [0, 0.05) is 13.1 Å². The summed E-state index contributed by atoms with van der Waals surface area (Å²) in [6.45, 7) is 6.31. The van der Waals surface area contributed by atoms with Crippen molar-refractivity contribution in [3.05, 3.63) is 6.33 Å². The van der Waals surface area contributed by atoms with E-state index in [0.29, 0.717) is 11.6 Å². The highest BCUT2D eigenvalue weighted by atomic mass is 15.2. The molecule has 1 saturated carbocycles. The molecule has 21 heavy (non-hydrogen) atoms. The molecule has 3 N–H and O–H groups in total. The molecule has 6 nitrogen and oxygen atoms in total. The number of hydrogen-bond donors (Lipinski definition) is 3. The summed E-state index contributed by atoms with van der Waals surface area (Å²) in [5.41, 5.74) is 1.60. The number of rotatable bonds is 6.